The first-order valence-electron chi connectivity index (χ1n) is 4.54. The van der Waals surface area contributed by atoms with Crippen molar-refractivity contribution < 1.29 is 52.1 Å². The number of rotatable bonds is 3. The standard InChI is InChI=1S/3C4H6O2.Au/c3*1-3(2)4(5)6;/h3*1H2,2H3,(H,5,6);/q;;;+3/p-3. The van der Waals surface area contributed by atoms with Gasteiger partial charge >= 0.3 is 22.4 Å². The Kier molecular flexibility index (Phi) is 19.8. The molecule has 0 saturated heterocycles. The molecule has 0 aliphatic rings. The van der Waals surface area contributed by atoms with Crippen LogP contribution in [-0.4, -0.2) is 17.9 Å². The second-order valence-corrected chi connectivity index (χ2v) is 3.20. The van der Waals surface area contributed by atoms with Crippen LogP contribution >= 0.6 is 0 Å². The Balaban J connectivity index is -0.0000000865. The van der Waals surface area contributed by atoms with Crippen LogP contribution in [0.2, 0.25) is 0 Å². The maximum absolute atomic E-state index is 9.49. The molecule has 6 nitrogen and oxygen atoms in total. The fraction of sp³-hybridized carbons (Fsp3) is 0.250. The Morgan fingerprint density at radius 1 is 0.632 bits per heavy atom. The number of aliphatic carboxylic acids is 3. The Bertz CT molecular complexity index is 277. The second kappa shape index (κ2) is 14.4. The Hall–Kier alpha value is -1.63. The first-order chi connectivity index (χ1) is 7.93. The van der Waals surface area contributed by atoms with Gasteiger partial charge in [-0.15, -0.1) is 0 Å². The largest absolute Gasteiger partial charge is 3.00 e. The summed E-state index contributed by atoms with van der Waals surface area (Å²) in [7, 11) is 0. The summed E-state index contributed by atoms with van der Waals surface area (Å²) in [4.78, 5) is 28.5. The van der Waals surface area contributed by atoms with Gasteiger partial charge in [-0.3, -0.25) is 0 Å². The molecule has 110 valence electrons. The quantitative estimate of drug-likeness (QED) is 0.359. The first kappa shape index (κ1) is 26.0. The van der Waals surface area contributed by atoms with Crippen LogP contribution in [0.1, 0.15) is 20.8 Å². The van der Waals surface area contributed by atoms with Crippen molar-refractivity contribution in [3.63, 3.8) is 0 Å². The van der Waals surface area contributed by atoms with E-state index in [1.54, 1.807) is 0 Å². The molecular weight excluding hydrogens is 437 g/mol. The zero-order chi connectivity index (χ0) is 15.5. The average Bonchev–Trinajstić information content (AvgIpc) is 2.18. The van der Waals surface area contributed by atoms with E-state index >= 15 is 0 Å². The van der Waals surface area contributed by atoms with Crippen LogP contribution in [0.25, 0.3) is 0 Å². The fourth-order valence-corrected chi connectivity index (χ4v) is 0. The van der Waals surface area contributed by atoms with E-state index in [4.69, 9.17) is 0 Å². The Labute approximate surface area is 127 Å². The van der Waals surface area contributed by atoms with E-state index < -0.39 is 17.9 Å². The molecular formula is C12H15AuO6. The maximum atomic E-state index is 9.49. The predicted molar refractivity (Wildman–Crippen MR) is 59.5 cm³/mol. The van der Waals surface area contributed by atoms with E-state index in [1.165, 1.54) is 20.8 Å². The third kappa shape index (κ3) is 31.4. The smallest absolute Gasteiger partial charge is 0.545 e. The summed E-state index contributed by atoms with van der Waals surface area (Å²) >= 11 is 0. The molecule has 0 aromatic carbocycles. The summed E-state index contributed by atoms with van der Waals surface area (Å²) in [6.45, 7) is 13.4. The molecule has 0 aliphatic heterocycles. The maximum Gasteiger partial charge on any atom is 3.00 e. The Morgan fingerprint density at radius 2 is 0.684 bits per heavy atom. The third-order valence-corrected chi connectivity index (χ3v) is 1.05. The molecule has 0 atom stereocenters. The van der Waals surface area contributed by atoms with Crippen molar-refractivity contribution in [2.24, 2.45) is 0 Å². The zero-order valence-corrected chi connectivity index (χ0v) is 13.0. The number of carbonyl (C=O) groups excluding carboxylic acids is 3. The third-order valence-electron chi connectivity index (χ3n) is 1.05. The molecule has 0 spiro atoms. The van der Waals surface area contributed by atoms with Crippen LogP contribution in [0.5, 0.6) is 0 Å². The minimum atomic E-state index is -1.19. The summed E-state index contributed by atoms with van der Waals surface area (Å²) in [5.41, 5.74) is 0.194. The summed E-state index contributed by atoms with van der Waals surface area (Å²) < 4.78 is 0. The molecule has 0 heterocycles. The number of carboxylic acid groups (broad SMARTS) is 3. The predicted octanol–water partition coefficient (Wildman–Crippen LogP) is -2.07. The van der Waals surface area contributed by atoms with Crippen molar-refractivity contribution in [3.8, 4) is 0 Å². The minimum Gasteiger partial charge on any atom is -0.545 e. The molecule has 0 bridgehead atoms. The van der Waals surface area contributed by atoms with Gasteiger partial charge < -0.3 is 29.7 Å². The molecule has 0 radical (unpaired) electrons. The SMILES string of the molecule is C=C(C)C(=O)[O-].C=C(C)C(=O)[O-].C=C(C)C(=O)[O-].[Au+3]. The van der Waals surface area contributed by atoms with Gasteiger partial charge in [0.15, 0.2) is 0 Å². The average molecular weight is 452 g/mol. The van der Waals surface area contributed by atoms with E-state index in [2.05, 4.69) is 19.7 Å². The van der Waals surface area contributed by atoms with Gasteiger partial charge in [0, 0.05) is 0 Å². The summed E-state index contributed by atoms with van der Waals surface area (Å²) in [6, 6.07) is 0. The molecule has 0 N–H and O–H groups in total. The molecule has 0 unspecified atom stereocenters. The molecule has 7 heteroatoms. The normalized spacial score (nSPS) is 7.11. The van der Waals surface area contributed by atoms with E-state index in [0.29, 0.717) is 0 Å². The summed E-state index contributed by atoms with van der Waals surface area (Å²) in [6.07, 6.45) is 0. The van der Waals surface area contributed by atoms with Gasteiger partial charge in [0.1, 0.15) is 0 Å². The van der Waals surface area contributed by atoms with Crippen LogP contribution in [0.3, 0.4) is 0 Å². The topological polar surface area (TPSA) is 120 Å². The Morgan fingerprint density at radius 3 is 0.684 bits per heavy atom. The van der Waals surface area contributed by atoms with Crippen molar-refractivity contribution in [2.75, 3.05) is 0 Å². The van der Waals surface area contributed by atoms with Crippen molar-refractivity contribution >= 4 is 17.9 Å². The number of carboxylic acids is 3. The van der Waals surface area contributed by atoms with Gasteiger partial charge in [-0.05, 0) is 37.5 Å². The van der Waals surface area contributed by atoms with E-state index in [-0.39, 0.29) is 39.1 Å². The van der Waals surface area contributed by atoms with Crippen LogP contribution in [0, 0.1) is 0 Å². The van der Waals surface area contributed by atoms with Gasteiger partial charge in [-0.25, -0.2) is 0 Å². The van der Waals surface area contributed by atoms with Gasteiger partial charge in [0.25, 0.3) is 0 Å². The van der Waals surface area contributed by atoms with Gasteiger partial charge in [-0.1, -0.05) is 19.7 Å². The van der Waals surface area contributed by atoms with Crippen LogP contribution < -0.4 is 15.3 Å². The van der Waals surface area contributed by atoms with Crippen molar-refractivity contribution in [1.29, 1.82) is 0 Å². The molecule has 0 aromatic rings. The molecule has 0 aromatic heterocycles. The van der Waals surface area contributed by atoms with Crippen LogP contribution in [0.15, 0.2) is 36.5 Å². The first-order valence-corrected chi connectivity index (χ1v) is 4.54. The van der Waals surface area contributed by atoms with Crippen molar-refractivity contribution in [3.05, 3.63) is 36.5 Å². The van der Waals surface area contributed by atoms with Crippen molar-refractivity contribution in [2.45, 2.75) is 20.8 Å². The van der Waals surface area contributed by atoms with E-state index in [9.17, 15) is 29.7 Å². The van der Waals surface area contributed by atoms with Gasteiger partial charge in [-0.2, -0.15) is 0 Å². The molecule has 0 rings (SSSR count). The summed E-state index contributed by atoms with van der Waals surface area (Å²) in [5, 5.41) is 28.5. The van der Waals surface area contributed by atoms with Crippen molar-refractivity contribution in [1.82, 2.24) is 0 Å². The number of carbonyl (C=O) groups is 3. The van der Waals surface area contributed by atoms with Gasteiger partial charge in [0.2, 0.25) is 0 Å². The molecule has 0 aliphatic carbocycles. The molecule has 0 saturated carbocycles. The molecule has 0 amide bonds. The molecule has 19 heavy (non-hydrogen) atoms. The van der Waals surface area contributed by atoms with Gasteiger partial charge in [0.05, 0.1) is 17.9 Å². The minimum absolute atomic E-state index is 0. The van der Waals surface area contributed by atoms with E-state index in [1.807, 2.05) is 0 Å². The second-order valence-electron chi connectivity index (χ2n) is 3.20. The summed E-state index contributed by atoms with van der Waals surface area (Å²) in [5.74, 6) is -3.56. The zero-order valence-electron chi connectivity index (χ0n) is 10.9. The fourth-order valence-electron chi connectivity index (χ4n) is 0. The number of hydrogen-bond donors (Lipinski definition) is 0. The van der Waals surface area contributed by atoms with Crippen LogP contribution in [-0.2, 0) is 36.8 Å². The van der Waals surface area contributed by atoms with Crippen LogP contribution in [0.4, 0.5) is 0 Å². The molecule has 0 fully saturated rings. The monoisotopic (exact) mass is 452 g/mol. The van der Waals surface area contributed by atoms with E-state index in [0.717, 1.165) is 0 Å². The number of hydrogen-bond acceptors (Lipinski definition) is 6.